The molecule has 1 N–H and O–H groups in total. The monoisotopic (exact) mass is 199 g/mol. The van der Waals surface area contributed by atoms with Crippen LogP contribution in [0.3, 0.4) is 0 Å². The van der Waals surface area contributed by atoms with E-state index in [0.29, 0.717) is 0 Å². The molecule has 5 heavy (non-hydrogen) atoms. The number of alkyl halides is 1. The van der Waals surface area contributed by atoms with Crippen LogP contribution < -0.4 is 0 Å². The second kappa shape index (κ2) is 1.67. The van der Waals surface area contributed by atoms with Crippen LogP contribution in [-0.4, -0.2) is 30.7 Å². The van der Waals surface area contributed by atoms with Gasteiger partial charge < -0.3 is 0 Å². The minimum absolute atomic E-state index is 0.938. The molecule has 1 unspecified atom stereocenters. The Kier molecular flexibility index (Phi) is 2.02. The van der Waals surface area contributed by atoms with E-state index in [1.54, 1.807) is 6.92 Å². The van der Waals surface area contributed by atoms with Gasteiger partial charge in [-0.3, -0.25) is 0 Å². The summed E-state index contributed by atoms with van der Waals surface area (Å²) in [5.74, 6) is 0. The summed E-state index contributed by atoms with van der Waals surface area (Å²) in [7, 11) is 0. The van der Waals surface area contributed by atoms with Gasteiger partial charge in [-0.2, -0.15) is 0 Å². The molecule has 0 rings (SSSR count). The quantitative estimate of drug-likeness (QED) is 0.431. The molecule has 3 heteroatoms. The molecule has 29 valence electrons. The Hall–Kier alpha value is 1.05. The van der Waals surface area contributed by atoms with E-state index in [9.17, 15) is 0 Å². The molecule has 0 fully saturated rings. The van der Waals surface area contributed by atoms with Gasteiger partial charge in [0.25, 0.3) is 0 Å². The van der Waals surface area contributed by atoms with Crippen LogP contribution in [-0.2, 0) is 0 Å². The Morgan fingerprint density at radius 3 is 2.00 bits per heavy atom. The standard InChI is InChI=1S/C2H4ClO.Sn/c1-2(3)4;/h4H,1H3;. The molecule has 0 aliphatic rings. The molecule has 0 amide bonds. The topological polar surface area (TPSA) is 20.2 Å². The summed E-state index contributed by atoms with van der Waals surface area (Å²) < 4.78 is -0.938. The van der Waals surface area contributed by atoms with Gasteiger partial charge in [-0.15, -0.1) is 0 Å². The molecule has 1 nitrogen and oxygen atoms in total. The molecule has 0 saturated carbocycles. The summed E-state index contributed by atoms with van der Waals surface area (Å²) >= 11 is 6.06. The van der Waals surface area contributed by atoms with Gasteiger partial charge in [-0.1, -0.05) is 0 Å². The predicted molar refractivity (Wildman–Crippen MR) is 22.2 cm³/mol. The van der Waals surface area contributed by atoms with Crippen LogP contribution >= 0.6 is 11.6 Å². The first-order valence-corrected chi connectivity index (χ1v) is 2.97. The Bertz CT molecular complexity index is 25.1. The molecule has 0 spiro atoms. The number of hydrogen-bond acceptors (Lipinski definition) is 1. The first-order chi connectivity index (χ1) is 2.00. The van der Waals surface area contributed by atoms with Gasteiger partial charge in [-0.05, 0) is 0 Å². The number of rotatable bonds is 0. The zero-order valence-electron chi connectivity index (χ0n) is 2.83. The van der Waals surface area contributed by atoms with Crippen molar-refractivity contribution in [2.45, 2.75) is 10.00 Å². The van der Waals surface area contributed by atoms with Gasteiger partial charge in [0, 0.05) is 0 Å². The van der Waals surface area contributed by atoms with E-state index in [2.05, 4.69) is 0 Å². The zero-order valence-corrected chi connectivity index (χ0v) is 6.44. The summed E-state index contributed by atoms with van der Waals surface area (Å²) in [5.41, 5.74) is 0. The average molecular weight is 198 g/mol. The summed E-state index contributed by atoms with van der Waals surface area (Å²) in [6.45, 7) is 1.55. The van der Waals surface area contributed by atoms with E-state index in [0.717, 1.165) is 22.5 Å². The maximum absolute atomic E-state index is 8.33. The first kappa shape index (κ1) is 6.05. The fraction of sp³-hybridized carbons (Fsp3) is 1.00. The van der Waals surface area contributed by atoms with Crippen molar-refractivity contribution in [1.82, 2.24) is 0 Å². The first-order valence-electron chi connectivity index (χ1n) is 1.16. The molecule has 1 atom stereocenters. The van der Waals surface area contributed by atoms with Crippen LogP contribution in [0.5, 0.6) is 0 Å². The third-order valence-electron chi connectivity index (χ3n) is 0. The molecule has 0 aromatic carbocycles. The van der Waals surface area contributed by atoms with Crippen LogP contribution in [0.25, 0.3) is 0 Å². The van der Waals surface area contributed by atoms with Gasteiger partial charge in [0.1, 0.15) is 0 Å². The van der Waals surface area contributed by atoms with Crippen LogP contribution in [0, 0.1) is 0 Å². The third kappa shape index (κ3) is 42.7. The zero-order chi connectivity index (χ0) is 4.50. The van der Waals surface area contributed by atoms with E-state index >= 15 is 0 Å². The number of aliphatic hydroxyl groups is 1. The summed E-state index contributed by atoms with van der Waals surface area (Å²) in [6, 6.07) is 0. The molecule has 3 radical (unpaired) electrons. The van der Waals surface area contributed by atoms with E-state index in [4.69, 9.17) is 16.7 Å². The van der Waals surface area contributed by atoms with Crippen LogP contribution in [0.15, 0.2) is 0 Å². The normalized spacial score (nSPS) is 21.6. The molecule has 0 heterocycles. The summed E-state index contributed by atoms with van der Waals surface area (Å²) in [4.78, 5) is 0. The van der Waals surface area contributed by atoms with E-state index < -0.39 is 3.08 Å². The van der Waals surface area contributed by atoms with Crippen LogP contribution in [0.4, 0.5) is 0 Å². The van der Waals surface area contributed by atoms with Crippen LogP contribution in [0.2, 0.25) is 0 Å². The number of halogens is 1. The van der Waals surface area contributed by atoms with Gasteiger partial charge in [0.15, 0.2) is 0 Å². The molecule has 0 aliphatic heterocycles. The average Bonchev–Trinajstić information content (AvgIpc) is 0.722. The fourth-order valence-electron chi connectivity index (χ4n) is 0. The Morgan fingerprint density at radius 2 is 2.00 bits per heavy atom. The van der Waals surface area contributed by atoms with Crippen molar-refractivity contribution in [3.8, 4) is 0 Å². The van der Waals surface area contributed by atoms with E-state index in [1.165, 1.54) is 0 Å². The molecule has 0 aromatic rings. The number of hydrogen-bond donors (Lipinski definition) is 1. The predicted octanol–water partition coefficient (Wildman–Crippen LogP) is 0.0597. The van der Waals surface area contributed by atoms with Gasteiger partial charge >= 0.3 is 49.2 Å². The molecule has 0 saturated heterocycles. The van der Waals surface area contributed by atoms with Gasteiger partial charge in [-0.25, -0.2) is 0 Å². The third-order valence-corrected chi connectivity index (χ3v) is 0. The molecule has 0 aromatic heterocycles. The second-order valence-corrected chi connectivity index (χ2v) is 5.37. The van der Waals surface area contributed by atoms with Gasteiger partial charge in [0.05, 0.1) is 0 Å². The Labute approximate surface area is 49.4 Å². The SMILES string of the molecule is C[C](O)(Cl)[Sn]. The molecular weight excluding hydrogens is 194 g/mol. The fourth-order valence-corrected chi connectivity index (χ4v) is 0. The van der Waals surface area contributed by atoms with E-state index in [1.807, 2.05) is 0 Å². The summed E-state index contributed by atoms with van der Waals surface area (Å²) in [6.07, 6.45) is 0. The summed E-state index contributed by atoms with van der Waals surface area (Å²) in [5, 5.41) is 8.33. The van der Waals surface area contributed by atoms with Crippen molar-refractivity contribution in [2.75, 3.05) is 0 Å². The van der Waals surface area contributed by atoms with Crippen molar-refractivity contribution >= 4 is 34.1 Å². The van der Waals surface area contributed by atoms with Crippen molar-refractivity contribution in [2.24, 2.45) is 0 Å². The Balaban J connectivity index is 3.02. The van der Waals surface area contributed by atoms with Gasteiger partial charge in [0.2, 0.25) is 0 Å². The molecule has 0 bridgehead atoms. The minimum atomic E-state index is -0.938. The second-order valence-electron chi connectivity index (χ2n) is 0.953. The Morgan fingerprint density at radius 1 is 2.00 bits per heavy atom. The molecular formula is C2H4ClOSn. The van der Waals surface area contributed by atoms with E-state index in [-0.39, 0.29) is 0 Å². The van der Waals surface area contributed by atoms with Crippen molar-refractivity contribution in [3.05, 3.63) is 0 Å². The van der Waals surface area contributed by atoms with Crippen molar-refractivity contribution in [3.63, 3.8) is 0 Å². The maximum atomic E-state index is 8.33. The van der Waals surface area contributed by atoms with Crippen molar-refractivity contribution < 1.29 is 5.11 Å². The molecule has 0 aliphatic carbocycles. The van der Waals surface area contributed by atoms with Crippen LogP contribution in [0.1, 0.15) is 6.92 Å². The van der Waals surface area contributed by atoms with Crippen molar-refractivity contribution in [1.29, 1.82) is 0 Å².